The Balaban J connectivity index is 2.68. The van der Waals surface area contributed by atoms with Crippen LogP contribution in [0.1, 0.15) is 5.56 Å². The van der Waals surface area contributed by atoms with Crippen LogP contribution in [0.25, 0.3) is 11.3 Å². The van der Waals surface area contributed by atoms with Crippen LogP contribution in [0.2, 0.25) is 0 Å². The van der Waals surface area contributed by atoms with Crippen LogP contribution >= 0.6 is 0 Å². The lowest BCUT2D eigenvalue weighted by atomic mass is 10.0. The van der Waals surface area contributed by atoms with Crippen LogP contribution in [-0.4, -0.2) is 4.98 Å². The molecule has 0 radical (unpaired) electrons. The first kappa shape index (κ1) is 10.7. The number of aromatic nitrogens is 1. The molecule has 16 heavy (non-hydrogen) atoms. The Morgan fingerprint density at radius 3 is 2.50 bits per heavy atom. The van der Waals surface area contributed by atoms with Gasteiger partial charge in [-0.1, -0.05) is 6.07 Å². The average molecular weight is 231 g/mol. The Morgan fingerprint density at radius 1 is 1.19 bits per heavy atom. The second-order valence-corrected chi connectivity index (χ2v) is 3.03. The zero-order valence-corrected chi connectivity index (χ0v) is 7.75. The van der Waals surface area contributed by atoms with Crippen molar-refractivity contribution < 1.29 is 22.0 Å². The molecular weight excluding hydrogens is 226 g/mol. The summed E-state index contributed by atoms with van der Waals surface area (Å²) in [6, 6.07) is 2.73. The van der Waals surface area contributed by atoms with Gasteiger partial charge in [-0.15, -0.1) is 0 Å². The molecule has 0 fully saturated rings. The second kappa shape index (κ2) is 3.62. The number of alkyl halides is 3. The van der Waals surface area contributed by atoms with E-state index in [9.17, 15) is 17.6 Å². The normalized spacial score (nSPS) is 11.8. The van der Waals surface area contributed by atoms with Gasteiger partial charge in [-0.05, 0) is 12.1 Å². The first-order valence-corrected chi connectivity index (χ1v) is 4.24. The van der Waals surface area contributed by atoms with Crippen LogP contribution in [0.15, 0.2) is 35.2 Å². The maximum absolute atomic E-state index is 13.4. The molecule has 1 aromatic carbocycles. The molecule has 1 heterocycles. The number of oxazole rings is 1. The molecule has 0 aliphatic carbocycles. The minimum Gasteiger partial charge on any atom is -0.443 e. The number of nitrogens with zero attached hydrogens (tertiary/aromatic N) is 1. The monoisotopic (exact) mass is 231 g/mol. The summed E-state index contributed by atoms with van der Waals surface area (Å²) in [5.41, 5.74) is -1.70. The van der Waals surface area contributed by atoms with Gasteiger partial charge in [-0.2, -0.15) is 13.2 Å². The summed E-state index contributed by atoms with van der Waals surface area (Å²) in [4.78, 5) is 3.46. The summed E-state index contributed by atoms with van der Waals surface area (Å²) in [5.74, 6) is -1.24. The molecule has 2 nitrogen and oxygen atoms in total. The molecule has 0 amide bonds. The van der Waals surface area contributed by atoms with Gasteiger partial charge in [0, 0.05) is 0 Å². The van der Waals surface area contributed by atoms with Crippen molar-refractivity contribution in [2.24, 2.45) is 0 Å². The third kappa shape index (κ3) is 1.78. The number of halogens is 4. The van der Waals surface area contributed by atoms with E-state index in [4.69, 9.17) is 0 Å². The maximum atomic E-state index is 13.4. The van der Waals surface area contributed by atoms with E-state index >= 15 is 0 Å². The zero-order chi connectivity index (χ0) is 11.8. The first-order valence-electron chi connectivity index (χ1n) is 4.24. The van der Waals surface area contributed by atoms with Gasteiger partial charge >= 0.3 is 6.18 Å². The Labute approximate surface area is 87.5 Å². The van der Waals surface area contributed by atoms with E-state index in [1.54, 1.807) is 0 Å². The van der Waals surface area contributed by atoms with Gasteiger partial charge in [-0.25, -0.2) is 9.37 Å². The third-order valence-electron chi connectivity index (χ3n) is 2.00. The summed E-state index contributed by atoms with van der Waals surface area (Å²) in [6.45, 7) is 0. The van der Waals surface area contributed by atoms with Gasteiger partial charge in [-0.3, -0.25) is 0 Å². The van der Waals surface area contributed by atoms with Crippen molar-refractivity contribution in [3.63, 3.8) is 0 Å². The number of hydrogen-bond donors (Lipinski definition) is 0. The fourth-order valence-electron chi connectivity index (χ4n) is 1.35. The molecule has 0 saturated heterocycles. The molecule has 1 aromatic heterocycles. The highest BCUT2D eigenvalue weighted by Crippen LogP contribution is 2.38. The van der Waals surface area contributed by atoms with Gasteiger partial charge in [0.1, 0.15) is 5.82 Å². The van der Waals surface area contributed by atoms with E-state index in [1.807, 2.05) is 0 Å². The predicted molar refractivity (Wildman–Crippen MR) is 46.9 cm³/mol. The van der Waals surface area contributed by atoms with Crippen LogP contribution in [0.3, 0.4) is 0 Å². The fourth-order valence-corrected chi connectivity index (χ4v) is 1.35. The van der Waals surface area contributed by atoms with Crippen molar-refractivity contribution >= 4 is 0 Å². The molecule has 2 aromatic rings. The standard InChI is InChI=1S/C10H5F4NO/c11-7-3-1-2-6(10(12,13)14)9(7)8-4-15-5-16-8/h1-5H. The van der Waals surface area contributed by atoms with E-state index in [2.05, 4.69) is 9.40 Å². The van der Waals surface area contributed by atoms with Crippen molar-refractivity contribution in [3.05, 3.63) is 42.2 Å². The molecule has 0 N–H and O–H groups in total. The van der Waals surface area contributed by atoms with E-state index in [1.165, 1.54) is 0 Å². The molecule has 0 aliphatic rings. The summed E-state index contributed by atoms with van der Waals surface area (Å²) >= 11 is 0. The number of rotatable bonds is 1. The molecule has 0 saturated carbocycles. The lowest BCUT2D eigenvalue weighted by Crippen LogP contribution is -2.08. The van der Waals surface area contributed by atoms with Crippen LogP contribution in [0, 0.1) is 5.82 Å². The highest BCUT2D eigenvalue weighted by Gasteiger charge is 2.35. The van der Waals surface area contributed by atoms with Gasteiger partial charge in [0.2, 0.25) is 0 Å². The molecule has 0 aliphatic heterocycles. The summed E-state index contributed by atoms with van der Waals surface area (Å²) in [7, 11) is 0. The number of hydrogen-bond acceptors (Lipinski definition) is 2. The van der Waals surface area contributed by atoms with Crippen LogP contribution in [0.4, 0.5) is 17.6 Å². The van der Waals surface area contributed by atoms with Crippen LogP contribution in [0.5, 0.6) is 0 Å². The third-order valence-corrected chi connectivity index (χ3v) is 2.00. The summed E-state index contributed by atoms with van der Waals surface area (Å²) in [5, 5.41) is 0. The van der Waals surface area contributed by atoms with E-state index in [-0.39, 0.29) is 5.76 Å². The fraction of sp³-hybridized carbons (Fsp3) is 0.100. The summed E-state index contributed by atoms with van der Waals surface area (Å²) in [6.07, 6.45) is -2.65. The minimum atomic E-state index is -4.63. The highest BCUT2D eigenvalue weighted by molar-refractivity contribution is 5.62. The predicted octanol–water partition coefficient (Wildman–Crippen LogP) is 3.50. The first-order chi connectivity index (χ1) is 7.50. The van der Waals surface area contributed by atoms with Crippen molar-refractivity contribution in [2.75, 3.05) is 0 Å². The smallest absolute Gasteiger partial charge is 0.417 e. The topological polar surface area (TPSA) is 26.0 Å². The quantitative estimate of drug-likeness (QED) is 0.702. The molecule has 0 atom stereocenters. The largest absolute Gasteiger partial charge is 0.443 e. The Morgan fingerprint density at radius 2 is 1.94 bits per heavy atom. The molecule has 0 bridgehead atoms. The minimum absolute atomic E-state index is 0.245. The lowest BCUT2D eigenvalue weighted by molar-refractivity contribution is -0.137. The zero-order valence-electron chi connectivity index (χ0n) is 7.75. The van der Waals surface area contributed by atoms with E-state index < -0.39 is 23.1 Å². The van der Waals surface area contributed by atoms with Gasteiger partial charge in [0.15, 0.2) is 12.2 Å². The van der Waals surface area contributed by atoms with E-state index in [0.717, 1.165) is 30.8 Å². The van der Waals surface area contributed by atoms with Crippen molar-refractivity contribution in [3.8, 4) is 11.3 Å². The second-order valence-electron chi connectivity index (χ2n) is 3.03. The molecule has 0 spiro atoms. The maximum Gasteiger partial charge on any atom is 0.417 e. The van der Waals surface area contributed by atoms with Gasteiger partial charge < -0.3 is 4.42 Å². The highest BCUT2D eigenvalue weighted by atomic mass is 19.4. The molecule has 6 heteroatoms. The van der Waals surface area contributed by atoms with Gasteiger partial charge in [0.25, 0.3) is 0 Å². The Hall–Kier alpha value is -1.85. The lowest BCUT2D eigenvalue weighted by Gasteiger charge is -2.11. The average Bonchev–Trinajstić information content (AvgIpc) is 2.68. The summed E-state index contributed by atoms with van der Waals surface area (Å²) < 4.78 is 55.8. The number of benzene rings is 1. The molecule has 0 unspecified atom stereocenters. The molecule has 2 rings (SSSR count). The SMILES string of the molecule is Fc1cccc(C(F)(F)F)c1-c1cnco1. The van der Waals surface area contributed by atoms with Crippen LogP contribution in [-0.2, 0) is 6.18 Å². The van der Waals surface area contributed by atoms with Crippen molar-refractivity contribution in [1.82, 2.24) is 4.98 Å². The van der Waals surface area contributed by atoms with Gasteiger partial charge in [0.05, 0.1) is 17.3 Å². The Bertz CT molecular complexity index is 490. The Kier molecular flexibility index (Phi) is 2.41. The van der Waals surface area contributed by atoms with Crippen LogP contribution < -0.4 is 0 Å². The molecule has 84 valence electrons. The van der Waals surface area contributed by atoms with Crippen molar-refractivity contribution in [1.29, 1.82) is 0 Å². The van der Waals surface area contributed by atoms with Crippen molar-refractivity contribution in [2.45, 2.75) is 6.18 Å². The molecular formula is C10H5F4NO. The van der Waals surface area contributed by atoms with E-state index in [0.29, 0.717) is 0 Å².